The van der Waals surface area contributed by atoms with Crippen LogP contribution in [-0.2, 0) is 23.9 Å². The van der Waals surface area contributed by atoms with Crippen LogP contribution in [0, 0.1) is 22.2 Å². The second kappa shape index (κ2) is 15.3. The molecule has 0 fully saturated rings. The third-order valence-corrected chi connectivity index (χ3v) is 6.14. The Hall–Kier alpha value is -2.16. The zero-order valence-electron chi connectivity index (χ0n) is 24.9. The van der Waals surface area contributed by atoms with Gasteiger partial charge in [-0.2, -0.15) is 0 Å². The van der Waals surface area contributed by atoms with Crippen molar-refractivity contribution < 1.29 is 29.0 Å². The molecule has 0 aliphatic heterocycles. The molecular weight excluding hydrogens is 474 g/mol. The number of carboxylic acids is 1. The molecule has 0 aliphatic rings. The van der Waals surface area contributed by atoms with Crippen molar-refractivity contribution in [3.05, 3.63) is 0 Å². The van der Waals surface area contributed by atoms with E-state index in [4.69, 9.17) is 4.74 Å². The summed E-state index contributed by atoms with van der Waals surface area (Å²) in [6.45, 7) is 21.0. The Morgan fingerprint density at radius 3 is 1.95 bits per heavy atom. The maximum atomic E-state index is 12.7. The number of aliphatic carboxylic acids is 1. The van der Waals surface area contributed by atoms with Gasteiger partial charge in [0.25, 0.3) is 0 Å². The lowest BCUT2D eigenvalue weighted by atomic mass is 9.75. The van der Waals surface area contributed by atoms with Crippen molar-refractivity contribution in [2.24, 2.45) is 22.2 Å². The summed E-state index contributed by atoms with van der Waals surface area (Å²) >= 11 is 0. The molecule has 216 valence electrons. The third-order valence-electron chi connectivity index (χ3n) is 6.14. The molecule has 0 aromatic carbocycles. The minimum Gasteiger partial charge on any atom is -0.480 e. The number of nitrogens with one attached hydrogen (secondary N) is 3. The molecule has 0 aromatic heterocycles. The summed E-state index contributed by atoms with van der Waals surface area (Å²) in [6, 6.07) is -1.12. The first-order chi connectivity index (χ1) is 16.8. The van der Waals surface area contributed by atoms with Gasteiger partial charge in [0.2, 0.25) is 17.7 Å². The normalized spacial score (nSPS) is 14.1. The molecule has 0 saturated heterocycles. The van der Waals surface area contributed by atoms with Crippen molar-refractivity contribution >= 4 is 23.7 Å². The first-order valence-electron chi connectivity index (χ1n) is 13.5. The summed E-state index contributed by atoms with van der Waals surface area (Å²) in [4.78, 5) is 48.9. The zero-order valence-corrected chi connectivity index (χ0v) is 24.9. The van der Waals surface area contributed by atoms with E-state index in [9.17, 15) is 24.3 Å². The zero-order chi connectivity index (χ0) is 29.0. The molecule has 0 heterocycles. The molecule has 4 N–H and O–H groups in total. The Bertz CT molecular complexity index is 756. The fourth-order valence-corrected chi connectivity index (χ4v) is 4.04. The van der Waals surface area contributed by atoms with E-state index in [-0.39, 0.29) is 42.1 Å². The number of amides is 3. The molecule has 0 rings (SSSR count). The molecule has 9 nitrogen and oxygen atoms in total. The molecule has 0 aromatic rings. The number of carbonyl (C=O) groups excluding carboxylic acids is 3. The standard InChI is InChI=1S/C28H53N3O6/c1-19(2)17-30-24(35)27(7,8)14-16-37-20(3)13-15-29-22(32)12-11-21(23(33)34)31-25(36)28(9,10)18-26(4,5)6/h19-21H,11-18H2,1-10H3,(H,29,32)(H,30,35)(H,31,36)(H,33,34). The van der Waals surface area contributed by atoms with Crippen LogP contribution in [-0.4, -0.2) is 60.6 Å². The van der Waals surface area contributed by atoms with E-state index in [0.29, 0.717) is 44.9 Å². The third kappa shape index (κ3) is 15.6. The Morgan fingerprint density at radius 2 is 1.43 bits per heavy atom. The van der Waals surface area contributed by atoms with Gasteiger partial charge >= 0.3 is 5.97 Å². The number of rotatable bonds is 17. The Morgan fingerprint density at radius 1 is 0.838 bits per heavy atom. The molecular formula is C28H53N3O6. The van der Waals surface area contributed by atoms with E-state index in [2.05, 4.69) is 29.8 Å². The van der Waals surface area contributed by atoms with Crippen LogP contribution in [0.1, 0.15) is 101 Å². The minimum absolute atomic E-state index is 0.00807. The quantitative estimate of drug-likeness (QED) is 0.227. The highest BCUT2D eigenvalue weighted by atomic mass is 16.5. The monoisotopic (exact) mass is 527 g/mol. The summed E-state index contributed by atoms with van der Waals surface area (Å²) < 4.78 is 5.82. The van der Waals surface area contributed by atoms with E-state index >= 15 is 0 Å². The number of hydrogen-bond donors (Lipinski definition) is 4. The van der Waals surface area contributed by atoms with E-state index in [1.807, 2.05) is 41.5 Å². The van der Waals surface area contributed by atoms with Crippen molar-refractivity contribution in [2.45, 2.75) is 113 Å². The van der Waals surface area contributed by atoms with Gasteiger partial charge in [-0.3, -0.25) is 14.4 Å². The lowest BCUT2D eigenvalue weighted by Gasteiger charge is -2.32. The number of ether oxygens (including phenoxy) is 1. The highest BCUT2D eigenvalue weighted by molar-refractivity contribution is 5.87. The van der Waals surface area contributed by atoms with Crippen LogP contribution in [0.2, 0.25) is 0 Å². The van der Waals surface area contributed by atoms with Crippen molar-refractivity contribution in [3.8, 4) is 0 Å². The highest BCUT2D eigenvalue weighted by Crippen LogP contribution is 2.33. The predicted octanol–water partition coefficient (Wildman–Crippen LogP) is 3.90. The smallest absolute Gasteiger partial charge is 0.326 e. The van der Waals surface area contributed by atoms with Gasteiger partial charge in [0.05, 0.1) is 6.10 Å². The molecule has 0 spiro atoms. The first-order valence-corrected chi connectivity index (χ1v) is 13.5. The summed E-state index contributed by atoms with van der Waals surface area (Å²) in [5.74, 6) is -1.36. The fourth-order valence-electron chi connectivity index (χ4n) is 4.04. The highest BCUT2D eigenvalue weighted by Gasteiger charge is 2.35. The van der Waals surface area contributed by atoms with Crippen LogP contribution < -0.4 is 16.0 Å². The van der Waals surface area contributed by atoms with Crippen LogP contribution >= 0.6 is 0 Å². The van der Waals surface area contributed by atoms with Crippen molar-refractivity contribution in [1.82, 2.24) is 16.0 Å². The van der Waals surface area contributed by atoms with Gasteiger partial charge in [0.15, 0.2) is 0 Å². The fraction of sp³-hybridized carbons (Fsp3) is 0.857. The molecule has 2 atom stereocenters. The summed E-state index contributed by atoms with van der Waals surface area (Å²) in [7, 11) is 0. The van der Waals surface area contributed by atoms with Gasteiger partial charge in [-0.05, 0) is 43.9 Å². The largest absolute Gasteiger partial charge is 0.480 e. The second-order valence-corrected chi connectivity index (χ2v) is 13.1. The summed E-state index contributed by atoms with van der Waals surface area (Å²) in [5, 5.41) is 17.9. The molecule has 0 bridgehead atoms. The van der Waals surface area contributed by atoms with Gasteiger partial charge in [-0.25, -0.2) is 4.79 Å². The lowest BCUT2D eigenvalue weighted by molar-refractivity contribution is -0.144. The molecule has 0 saturated carbocycles. The number of carbonyl (C=O) groups is 4. The summed E-state index contributed by atoms with van der Waals surface area (Å²) in [5.41, 5.74) is -1.34. The maximum absolute atomic E-state index is 12.7. The van der Waals surface area contributed by atoms with Gasteiger partial charge in [-0.1, -0.05) is 62.3 Å². The van der Waals surface area contributed by atoms with Crippen LogP contribution in [0.15, 0.2) is 0 Å². The lowest BCUT2D eigenvalue weighted by Crippen LogP contribution is -2.48. The van der Waals surface area contributed by atoms with Crippen molar-refractivity contribution in [3.63, 3.8) is 0 Å². The first kappa shape index (κ1) is 34.8. The van der Waals surface area contributed by atoms with Crippen molar-refractivity contribution in [1.29, 1.82) is 0 Å². The Labute approximate surface area is 224 Å². The van der Waals surface area contributed by atoms with Crippen LogP contribution in [0.4, 0.5) is 0 Å². The van der Waals surface area contributed by atoms with Gasteiger partial charge in [-0.15, -0.1) is 0 Å². The SMILES string of the molecule is CC(C)CNC(=O)C(C)(C)CCOC(C)CCNC(=O)CCC(NC(=O)C(C)(C)CC(C)(C)C)C(=O)O. The average Bonchev–Trinajstić information content (AvgIpc) is 2.72. The van der Waals surface area contributed by atoms with Gasteiger partial charge in [0, 0.05) is 36.9 Å². The number of hydrogen-bond acceptors (Lipinski definition) is 5. The molecule has 0 aliphatic carbocycles. The van der Waals surface area contributed by atoms with Crippen LogP contribution in [0.3, 0.4) is 0 Å². The van der Waals surface area contributed by atoms with E-state index in [1.54, 1.807) is 13.8 Å². The minimum atomic E-state index is -1.16. The molecule has 9 heteroatoms. The topological polar surface area (TPSA) is 134 Å². The van der Waals surface area contributed by atoms with E-state index in [1.165, 1.54) is 0 Å². The van der Waals surface area contributed by atoms with Crippen LogP contribution in [0.5, 0.6) is 0 Å². The van der Waals surface area contributed by atoms with E-state index in [0.717, 1.165) is 0 Å². The van der Waals surface area contributed by atoms with E-state index < -0.39 is 22.8 Å². The molecule has 3 amide bonds. The van der Waals surface area contributed by atoms with Crippen LogP contribution in [0.25, 0.3) is 0 Å². The van der Waals surface area contributed by atoms with Crippen molar-refractivity contribution in [2.75, 3.05) is 19.7 Å². The summed E-state index contributed by atoms with van der Waals surface area (Å²) in [6.07, 6.45) is 1.67. The molecule has 37 heavy (non-hydrogen) atoms. The second-order valence-electron chi connectivity index (χ2n) is 13.1. The molecule has 0 radical (unpaired) electrons. The Balaban J connectivity index is 4.41. The molecule has 2 unspecified atom stereocenters. The van der Waals surface area contributed by atoms with Gasteiger partial charge < -0.3 is 25.8 Å². The maximum Gasteiger partial charge on any atom is 0.326 e. The predicted molar refractivity (Wildman–Crippen MR) is 146 cm³/mol. The Kier molecular flexibility index (Phi) is 14.4. The number of carboxylic acid groups (broad SMARTS) is 1. The van der Waals surface area contributed by atoms with Gasteiger partial charge in [0.1, 0.15) is 6.04 Å². The average molecular weight is 528 g/mol.